The number of rotatable bonds is 5. The number of aromatic nitrogens is 2. The van der Waals surface area contributed by atoms with Crippen LogP contribution < -0.4 is 5.32 Å². The number of hydrogen-bond donors (Lipinski definition) is 2. The van der Waals surface area contributed by atoms with Crippen molar-refractivity contribution in [1.82, 2.24) is 14.9 Å². The van der Waals surface area contributed by atoms with Crippen LogP contribution >= 0.6 is 0 Å². The Labute approximate surface area is 187 Å². The summed E-state index contributed by atoms with van der Waals surface area (Å²) in [6.07, 6.45) is 3.44. The van der Waals surface area contributed by atoms with Crippen molar-refractivity contribution in [2.24, 2.45) is 11.3 Å². The fourth-order valence-electron chi connectivity index (χ4n) is 5.30. The number of aliphatic carboxylic acids is 1. The summed E-state index contributed by atoms with van der Waals surface area (Å²) in [6.45, 7) is 0.315. The monoisotopic (exact) mass is 457 g/mol. The van der Waals surface area contributed by atoms with E-state index in [2.05, 4.69) is 10.3 Å². The van der Waals surface area contributed by atoms with E-state index >= 15 is 0 Å². The molecule has 172 valence electrons. The normalized spacial score (nSPS) is 24.3. The summed E-state index contributed by atoms with van der Waals surface area (Å²) in [4.78, 5) is 28.2. The third kappa shape index (κ3) is 3.96. The largest absolute Gasteiger partial charge is 0.481 e. The Kier molecular flexibility index (Phi) is 4.95. The first-order valence-electron chi connectivity index (χ1n) is 10.8. The Morgan fingerprint density at radius 3 is 2.42 bits per heavy atom. The number of benzene rings is 1. The van der Waals surface area contributed by atoms with Gasteiger partial charge in [-0.2, -0.15) is 13.2 Å². The maximum absolute atomic E-state index is 13.0. The van der Waals surface area contributed by atoms with E-state index in [1.807, 2.05) is 10.6 Å². The Morgan fingerprint density at radius 2 is 1.79 bits per heavy atom. The van der Waals surface area contributed by atoms with E-state index in [1.165, 1.54) is 18.3 Å². The fraction of sp³-hybridized carbons (Fsp3) is 0.375. The first kappa shape index (κ1) is 21.5. The number of nitrogens with one attached hydrogen (secondary N) is 1. The van der Waals surface area contributed by atoms with Crippen molar-refractivity contribution in [3.05, 3.63) is 65.6 Å². The SMILES string of the molecule is O=C(NC1CC2(C1)CC(C(=O)O)C2)c1cncc2ccn(Cc3ccc(C(F)(F)F)cc3)c12. The van der Waals surface area contributed by atoms with Gasteiger partial charge >= 0.3 is 12.1 Å². The van der Waals surface area contributed by atoms with Crippen molar-refractivity contribution in [1.29, 1.82) is 0 Å². The van der Waals surface area contributed by atoms with Crippen molar-refractivity contribution in [2.45, 2.75) is 44.4 Å². The summed E-state index contributed by atoms with van der Waals surface area (Å²) >= 11 is 0. The second-order valence-electron chi connectivity index (χ2n) is 9.29. The molecule has 0 atom stereocenters. The molecule has 1 aromatic carbocycles. The molecule has 0 saturated heterocycles. The highest BCUT2D eigenvalue weighted by molar-refractivity contribution is 6.05. The van der Waals surface area contributed by atoms with Crippen molar-refractivity contribution in [3.8, 4) is 0 Å². The van der Waals surface area contributed by atoms with E-state index in [0.717, 1.165) is 30.4 Å². The number of carbonyl (C=O) groups excluding carboxylic acids is 1. The molecule has 0 radical (unpaired) electrons. The Morgan fingerprint density at radius 1 is 1.09 bits per heavy atom. The molecule has 2 heterocycles. The summed E-state index contributed by atoms with van der Waals surface area (Å²) in [5.74, 6) is -1.28. The lowest BCUT2D eigenvalue weighted by Crippen LogP contribution is -2.57. The molecule has 2 aliphatic rings. The first-order valence-corrected chi connectivity index (χ1v) is 10.8. The number of nitrogens with zero attached hydrogens (tertiary/aromatic N) is 2. The van der Waals surface area contributed by atoms with Gasteiger partial charge in [0.2, 0.25) is 0 Å². The average molecular weight is 457 g/mol. The Bertz CT molecular complexity index is 1220. The van der Waals surface area contributed by atoms with E-state index in [-0.39, 0.29) is 23.3 Å². The summed E-state index contributed by atoms with van der Waals surface area (Å²) in [5.41, 5.74) is 1.11. The minimum atomic E-state index is -4.39. The summed E-state index contributed by atoms with van der Waals surface area (Å²) in [6, 6.07) is 6.80. The highest BCUT2D eigenvalue weighted by atomic mass is 19.4. The minimum Gasteiger partial charge on any atom is -0.481 e. The van der Waals surface area contributed by atoms with Crippen molar-refractivity contribution >= 4 is 22.8 Å². The molecule has 0 aliphatic heterocycles. The van der Waals surface area contributed by atoms with Crippen LogP contribution in [0.4, 0.5) is 13.2 Å². The zero-order valence-corrected chi connectivity index (χ0v) is 17.6. The molecule has 5 rings (SSSR count). The van der Waals surface area contributed by atoms with Gasteiger partial charge in [0.25, 0.3) is 5.91 Å². The third-order valence-electron chi connectivity index (χ3n) is 6.95. The van der Waals surface area contributed by atoms with E-state index in [1.54, 1.807) is 12.4 Å². The van der Waals surface area contributed by atoms with Gasteiger partial charge in [0, 0.05) is 36.6 Å². The van der Waals surface area contributed by atoms with E-state index in [4.69, 9.17) is 5.11 Å². The van der Waals surface area contributed by atoms with Crippen molar-refractivity contribution in [3.63, 3.8) is 0 Å². The molecule has 2 aliphatic carbocycles. The minimum absolute atomic E-state index is 0.000765. The predicted octanol–water partition coefficient (Wildman–Crippen LogP) is 4.48. The van der Waals surface area contributed by atoms with E-state index in [0.29, 0.717) is 36.0 Å². The van der Waals surface area contributed by atoms with Gasteiger partial charge in [0.1, 0.15) is 0 Å². The lowest BCUT2D eigenvalue weighted by molar-refractivity contribution is -0.155. The highest BCUT2D eigenvalue weighted by Crippen LogP contribution is 2.58. The van der Waals surface area contributed by atoms with Crippen LogP contribution in [-0.4, -0.2) is 32.6 Å². The number of carbonyl (C=O) groups is 2. The van der Waals surface area contributed by atoms with Crippen molar-refractivity contribution < 1.29 is 27.9 Å². The average Bonchev–Trinajstić information content (AvgIpc) is 3.11. The number of fused-ring (bicyclic) bond motifs is 1. The highest BCUT2D eigenvalue weighted by Gasteiger charge is 2.55. The number of alkyl halides is 3. The van der Waals surface area contributed by atoms with Gasteiger partial charge < -0.3 is 15.0 Å². The lowest BCUT2D eigenvalue weighted by Gasteiger charge is -2.56. The zero-order chi connectivity index (χ0) is 23.4. The predicted molar refractivity (Wildman–Crippen MR) is 114 cm³/mol. The van der Waals surface area contributed by atoms with Gasteiger partial charge in [-0.3, -0.25) is 14.6 Å². The number of carboxylic acids is 1. The molecule has 1 spiro atoms. The van der Waals surface area contributed by atoms with Gasteiger partial charge in [-0.1, -0.05) is 12.1 Å². The first-order chi connectivity index (χ1) is 15.6. The number of carboxylic acid groups (broad SMARTS) is 1. The third-order valence-corrected chi connectivity index (χ3v) is 6.95. The van der Waals surface area contributed by atoms with Crippen LogP contribution in [0.25, 0.3) is 10.9 Å². The molecular weight excluding hydrogens is 435 g/mol. The van der Waals surface area contributed by atoms with Crippen LogP contribution in [0.5, 0.6) is 0 Å². The molecule has 33 heavy (non-hydrogen) atoms. The number of pyridine rings is 1. The van der Waals surface area contributed by atoms with Crippen LogP contribution in [0, 0.1) is 11.3 Å². The summed E-state index contributed by atoms with van der Waals surface area (Å²) < 4.78 is 40.3. The Hall–Kier alpha value is -3.36. The molecule has 2 aromatic heterocycles. The molecule has 1 amide bonds. The number of amides is 1. The van der Waals surface area contributed by atoms with Crippen LogP contribution in [0.3, 0.4) is 0 Å². The maximum atomic E-state index is 13.0. The molecule has 9 heteroatoms. The van der Waals surface area contributed by atoms with Crippen LogP contribution in [0.15, 0.2) is 48.9 Å². The van der Waals surface area contributed by atoms with Gasteiger partial charge in [0.15, 0.2) is 0 Å². The standard InChI is InChI=1S/C24H22F3N3O3/c25-24(26,27)17-3-1-14(2-4-17)13-30-6-5-15-11-28-12-19(20(15)30)21(31)29-18-9-23(10-18)7-16(8-23)22(32)33/h1-6,11-12,16,18H,7-10,13H2,(H,29,31)(H,32,33). The number of hydrogen-bond acceptors (Lipinski definition) is 3. The summed E-state index contributed by atoms with van der Waals surface area (Å²) in [5, 5.41) is 12.9. The van der Waals surface area contributed by atoms with Gasteiger partial charge in [-0.15, -0.1) is 0 Å². The topological polar surface area (TPSA) is 84.2 Å². The fourth-order valence-corrected chi connectivity index (χ4v) is 5.30. The maximum Gasteiger partial charge on any atom is 0.416 e. The van der Waals surface area contributed by atoms with Gasteiger partial charge in [-0.05, 0) is 54.9 Å². The van der Waals surface area contributed by atoms with Crippen LogP contribution in [-0.2, 0) is 17.5 Å². The van der Waals surface area contributed by atoms with E-state index < -0.39 is 17.7 Å². The molecule has 2 N–H and O–H groups in total. The zero-order valence-electron chi connectivity index (χ0n) is 17.6. The quantitative estimate of drug-likeness (QED) is 0.592. The molecule has 6 nitrogen and oxygen atoms in total. The second-order valence-corrected chi connectivity index (χ2v) is 9.29. The molecule has 2 fully saturated rings. The molecular formula is C24H22F3N3O3. The van der Waals surface area contributed by atoms with Crippen LogP contribution in [0.2, 0.25) is 0 Å². The molecule has 0 unspecified atom stereocenters. The van der Waals surface area contributed by atoms with Gasteiger partial charge in [0.05, 0.1) is 22.6 Å². The van der Waals surface area contributed by atoms with Gasteiger partial charge in [-0.25, -0.2) is 0 Å². The van der Waals surface area contributed by atoms with Crippen molar-refractivity contribution in [2.75, 3.05) is 0 Å². The van der Waals surface area contributed by atoms with E-state index in [9.17, 15) is 22.8 Å². The van der Waals surface area contributed by atoms with Crippen LogP contribution in [0.1, 0.15) is 47.2 Å². The molecule has 3 aromatic rings. The Balaban J connectivity index is 1.30. The summed E-state index contributed by atoms with van der Waals surface area (Å²) in [7, 11) is 0. The molecule has 2 saturated carbocycles. The second kappa shape index (κ2) is 7.60. The number of halogens is 3. The lowest BCUT2D eigenvalue weighted by atomic mass is 9.50. The smallest absolute Gasteiger partial charge is 0.416 e. The molecule has 0 bridgehead atoms.